The van der Waals surface area contributed by atoms with Crippen LogP contribution in [0.15, 0.2) is 54.6 Å². The minimum atomic E-state index is -0.834. The van der Waals surface area contributed by atoms with E-state index in [-0.39, 0.29) is 25.6 Å². The highest BCUT2D eigenvalue weighted by Gasteiger charge is 2.29. The predicted molar refractivity (Wildman–Crippen MR) is 144 cm³/mol. The van der Waals surface area contributed by atoms with Crippen LogP contribution in [0.5, 0.6) is 17.2 Å². The lowest BCUT2D eigenvalue weighted by Gasteiger charge is -2.30. The van der Waals surface area contributed by atoms with Crippen LogP contribution < -0.4 is 14.2 Å². The van der Waals surface area contributed by atoms with Crippen molar-refractivity contribution in [3.8, 4) is 28.4 Å². The summed E-state index contributed by atoms with van der Waals surface area (Å²) in [6, 6.07) is 17.8. The van der Waals surface area contributed by atoms with Crippen molar-refractivity contribution >= 4 is 5.97 Å². The number of aliphatic hydroxyl groups is 2. The summed E-state index contributed by atoms with van der Waals surface area (Å²) in [7, 11) is 0. The van der Waals surface area contributed by atoms with Gasteiger partial charge in [0.15, 0.2) is 0 Å². The highest BCUT2D eigenvalue weighted by atomic mass is 16.5. The molecule has 4 atom stereocenters. The van der Waals surface area contributed by atoms with Gasteiger partial charge >= 0.3 is 5.97 Å². The second-order valence-corrected chi connectivity index (χ2v) is 10.4. The van der Waals surface area contributed by atoms with E-state index in [9.17, 15) is 15.0 Å². The molecule has 3 aromatic rings. The van der Waals surface area contributed by atoms with Gasteiger partial charge < -0.3 is 34.3 Å². The maximum Gasteiger partial charge on any atom is 0.304 e. The molecule has 2 aliphatic rings. The lowest BCUT2D eigenvalue weighted by atomic mass is 9.94. The molecule has 0 aliphatic carbocycles. The minimum Gasteiger partial charge on any atom is -0.492 e. The lowest BCUT2D eigenvalue weighted by Crippen LogP contribution is -2.44. The first-order chi connectivity index (χ1) is 18.8. The van der Waals surface area contributed by atoms with Gasteiger partial charge in [-0.05, 0) is 65.9 Å². The van der Waals surface area contributed by atoms with Gasteiger partial charge in [-0.15, -0.1) is 0 Å². The standard InChI is InChI=1S/C31H34O8/c1-18-8-25(37-17-29-27(33)12-23(32)16-39-29)9-19(2)31(18)21-5-3-4-20(10-21)14-36-24-6-7-26-22(11-30(34)35)15-38-28(26)13-24/h3-10,13,22-23,27,29,32-33H,11-12,14-17H2,1-2H3,(H,34,35)/t22?,23?,27?,29-/m1/s1. The summed E-state index contributed by atoms with van der Waals surface area (Å²) < 4.78 is 23.2. The van der Waals surface area contributed by atoms with Crippen molar-refractivity contribution in [3.05, 3.63) is 76.9 Å². The van der Waals surface area contributed by atoms with Gasteiger partial charge in [-0.3, -0.25) is 4.79 Å². The predicted octanol–water partition coefficient (Wildman–Crippen LogP) is 4.39. The van der Waals surface area contributed by atoms with E-state index in [1.807, 2.05) is 56.3 Å². The Hall–Kier alpha value is -3.59. The second-order valence-electron chi connectivity index (χ2n) is 10.4. The van der Waals surface area contributed by atoms with E-state index in [1.54, 1.807) is 0 Å². The van der Waals surface area contributed by atoms with Crippen LogP contribution in [0.2, 0.25) is 0 Å². The van der Waals surface area contributed by atoms with Gasteiger partial charge in [0.1, 0.15) is 36.6 Å². The zero-order chi connectivity index (χ0) is 27.5. The Bertz CT molecular complexity index is 1310. The number of carboxylic acid groups (broad SMARTS) is 1. The van der Waals surface area contributed by atoms with Crippen LogP contribution in [0.3, 0.4) is 0 Å². The van der Waals surface area contributed by atoms with Crippen molar-refractivity contribution in [1.29, 1.82) is 0 Å². The van der Waals surface area contributed by atoms with Gasteiger partial charge in [0, 0.05) is 24.0 Å². The molecule has 0 spiro atoms. The summed E-state index contributed by atoms with van der Waals surface area (Å²) in [6.45, 7) is 5.26. The second kappa shape index (κ2) is 11.7. The smallest absolute Gasteiger partial charge is 0.304 e. The molecule has 0 bridgehead atoms. The largest absolute Gasteiger partial charge is 0.492 e. The van der Waals surface area contributed by atoms with Crippen LogP contribution >= 0.6 is 0 Å². The molecule has 1 saturated heterocycles. The summed E-state index contributed by atoms with van der Waals surface area (Å²) in [5, 5.41) is 28.9. The lowest BCUT2D eigenvalue weighted by molar-refractivity contribution is -0.137. The number of ether oxygens (including phenoxy) is 4. The molecular formula is C31H34O8. The Balaban J connectivity index is 1.24. The first-order valence-electron chi connectivity index (χ1n) is 13.2. The van der Waals surface area contributed by atoms with Crippen molar-refractivity contribution in [3.63, 3.8) is 0 Å². The fourth-order valence-corrected chi connectivity index (χ4v) is 5.35. The van der Waals surface area contributed by atoms with Gasteiger partial charge in [0.25, 0.3) is 0 Å². The van der Waals surface area contributed by atoms with Crippen LogP contribution in [0.25, 0.3) is 11.1 Å². The molecule has 1 fully saturated rings. The maximum atomic E-state index is 11.1. The molecule has 8 nitrogen and oxygen atoms in total. The van der Waals surface area contributed by atoms with E-state index >= 15 is 0 Å². The Morgan fingerprint density at radius 2 is 1.77 bits per heavy atom. The Kier molecular flexibility index (Phi) is 8.07. The van der Waals surface area contributed by atoms with Crippen molar-refractivity contribution in [2.24, 2.45) is 0 Å². The van der Waals surface area contributed by atoms with Gasteiger partial charge in [0.2, 0.25) is 0 Å². The summed E-state index contributed by atoms with van der Waals surface area (Å²) in [6.07, 6.45) is -1.51. The molecule has 206 valence electrons. The third kappa shape index (κ3) is 6.36. The van der Waals surface area contributed by atoms with E-state index in [1.165, 1.54) is 0 Å². The van der Waals surface area contributed by atoms with Gasteiger partial charge in [-0.25, -0.2) is 0 Å². The van der Waals surface area contributed by atoms with Crippen LogP contribution in [-0.2, 0) is 16.1 Å². The van der Waals surface area contributed by atoms with E-state index in [2.05, 4.69) is 12.1 Å². The molecule has 3 unspecified atom stereocenters. The number of aliphatic carboxylic acids is 1. The van der Waals surface area contributed by atoms with E-state index in [0.717, 1.165) is 33.4 Å². The molecule has 3 aromatic carbocycles. The molecule has 5 rings (SSSR count). The zero-order valence-corrected chi connectivity index (χ0v) is 22.1. The fourth-order valence-electron chi connectivity index (χ4n) is 5.35. The van der Waals surface area contributed by atoms with Gasteiger partial charge in [-0.1, -0.05) is 24.3 Å². The van der Waals surface area contributed by atoms with Crippen LogP contribution in [-0.4, -0.2) is 59.4 Å². The number of aliphatic hydroxyl groups excluding tert-OH is 2. The molecule has 0 saturated carbocycles. The van der Waals surface area contributed by atoms with Crippen molar-refractivity contribution in [2.75, 3.05) is 19.8 Å². The molecule has 8 heteroatoms. The number of hydrogen-bond acceptors (Lipinski definition) is 7. The number of rotatable bonds is 9. The third-order valence-corrected chi connectivity index (χ3v) is 7.27. The Morgan fingerprint density at radius 1 is 0.974 bits per heavy atom. The maximum absolute atomic E-state index is 11.1. The number of carbonyl (C=O) groups is 1. The number of carboxylic acids is 1. The van der Waals surface area contributed by atoms with Crippen LogP contribution in [0.4, 0.5) is 0 Å². The summed E-state index contributed by atoms with van der Waals surface area (Å²) in [5.41, 5.74) is 6.25. The average Bonchev–Trinajstić information content (AvgIpc) is 3.28. The minimum absolute atomic E-state index is 0.0506. The van der Waals surface area contributed by atoms with Crippen LogP contribution in [0.1, 0.15) is 41.0 Å². The monoisotopic (exact) mass is 534 g/mol. The average molecular weight is 535 g/mol. The summed E-state index contributed by atoms with van der Waals surface area (Å²) in [4.78, 5) is 11.1. The normalized spacial score (nSPS) is 22.2. The summed E-state index contributed by atoms with van der Waals surface area (Å²) in [5.74, 6) is 1.10. The van der Waals surface area contributed by atoms with Gasteiger partial charge in [-0.2, -0.15) is 0 Å². The number of fused-ring (bicyclic) bond motifs is 1. The molecule has 2 aliphatic heterocycles. The van der Waals surface area contributed by atoms with Gasteiger partial charge in [0.05, 0.1) is 31.8 Å². The van der Waals surface area contributed by atoms with Crippen molar-refractivity contribution < 1.29 is 39.1 Å². The van der Waals surface area contributed by atoms with E-state index in [4.69, 9.17) is 24.1 Å². The van der Waals surface area contributed by atoms with Crippen molar-refractivity contribution in [1.82, 2.24) is 0 Å². The number of benzene rings is 3. The first-order valence-corrected chi connectivity index (χ1v) is 13.2. The molecular weight excluding hydrogens is 500 g/mol. The molecule has 0 amide bonds. The first kappa shape index (κ1) is 27.0. The van der Waals surface area contributed by atoms with Crippen molar-refractivity contribution in [2.45, 2.75) is 57.5 Å². The molecule has 0 aromatic heterocycles. The number of hydrogen-bond donors (Lipinski definition) is 3. The highest BCUT2D eigenvalue weighted by Crippen LogP contribution is 2.38. The summed E-state index contributed by atoms with van der Waals surface area (Å²) >= 11 is 0. The molecule has 2 heterocycles. The fraction of sp³-hybridized carbons (Fsp3) is 0.387. The Morgan fingerprint density at radius 3 is 2.51 bits per heavy atom. The molecule has 3 N–H and O–H groups in total. The topological polar surface area (TPSA) is 115 Å². The Labute approximate surface area is 227 Å². The highest BCUT2D eigenvalue weighted by molar-refractivity contribution is 5.72. The van der Waals surface area contributed by atoms with E-state index < -0.39 is 24.3 Å². The SMILES string of the molecule is Cc1cc(OC[C@H]2OCC(O)CC2O)cc(C)c1-c1cccc(COc2ccc3c(c2)OCC3CC(=O)O)c1. The third-order valence-electron chi connectivity index (χ3n) is 7.27. The zero-order valence-electron chi connectivity index (χ0n) is 22.1. The van der Waals surface area contributed by atoms with E-state index in [0.29, 0.717) is 36.9 Å². The quantitative estimate of drug-likeness (QED) is 0.370. The van der Waals surface area contributed by atoms with Crippen LogP contribution in [0, 0.1) is 13.8 Å². The molecule has 39 heavy (non-hydrogen) atoms. The molecule has 0 radical (unpaired) electrons. The number of aryl methyl sites for hydroxylation is 2.